The molecule has 0 unspecified atom stereocenters. The van der Waals surface area contributed by atoms with E-state index in [4.69, 9.17) is 10.00 Å². The van der Waals surface area contributed by atoms with E-state index in [9.17, 15) is 0 Å². The third-order valence-electron chi connectivity index (χ3n) is 2.33. The summed E-state index contributed by atoms with van der Waals surface area (Å²) in [6.45, 7) is 0. The number of ether oxygens (including phenoxy) is 1. The number of methoxy groups -OCH3 is 1. The summed E-state index contributed by atoms with van der Waals surface area (Å²) in [4.78, 5) is 7.44. The third-order valence-corrected chi connectivity index (χ3v) is 2.98. The fraction of sp³-hybridized carbons (Fsp3) is 0.167. The van der Waals surface area contributed by atoms with Crippen LogP contribution >= 0.6 is 15.9 Å². The van der Waals surface area contributed by atoms with Gasteiger partial charge in [-0.15, -0.1) is 0 Å². The molecule has 4 nitrogen and oxygen atoms in total. The van der Waals surface area contributed by atoms with Crippen molar-refractivity contribution in [3.05, 3.63) is 34.6 Å². The Balaban J connectivity index is 2.39. The summed E-state index contributed by atoms with van der Waals surface area (Å²) in [5.41, 5.74) is 1.71. The zero-order valence-electron chi connectivity index (χ0n) is 9.20. The van der Waals surface area contributed by atoms with Gasteiger partial charge in [-0.3, -0.25) is 0 Å². The third kappa shape index (κ3) is 2.48. The summed E-state index contributed by atoms with van der Waals surface area (Å²) in [5, 5.41) is 8.67. The summed E-state index contributed by atoms with van der Waals surface area (Å²) < 4.78 is 5.83. The largest absolute Gasteiger partial charge is 0.497 e. The molecule has 0 fully saturated rings. The number of halogens is 1. The second-order valence-corrected chi connectivity index (χ2v) is 4.17. The van der Waals surface area contributed by atoms with E-state index in [0.717, 1.165) is 22.8 Å². The zero-order chi connectivity index (χ0) is 12.3. The van der Waals surface area contributed by atoms with Gasteiger partial charge in [-0.2, -0.15) is 5.26 Å². The maximum atomic E-state index is 8.67. The molecule has 0 amide bonds. The molecule has 1 aromatic heterocycles. The molecule has 0 saturated carbocycles. The molecule has 0 spiro atoms. The first-order valence-corrected chi connectivity index (χ1v) is 5.79. The van der Waals surface area contributed by atoms with Crippen LogP contribution in [0.15, 0.2) is 28.9 Å². The number of nitrogens with one attached hydrogen (secondary N) is 1. The summed E-state index contributed by atoms with van der Waals surface area (Å²) in [7, 11) is 1.62. The lowest BCUT2D eigenvalue weighted by Gasteiger charge is -2.01. The lowest BCUT2D eigenvalue weighted by atomic mass is 10.2. The molecule has 1 N–H and O–H groups in total. The molecule has 2 aromatic rings. The van der Waals surface area contributed by atoms with Crippen molar-refractivity contribution in [3.63, 3.8) is 0 Å². The lowest BCUT2D eigenvalue weighted by molar-refractivity contribution is 0.415. The minimum absolute atomic E-state index is 0.303. The fourth-order valence-electron chi connectivity index (χ4n) is 1.49. The van der Waals surface area contributed by atoms with E-state index in [1.807, 2.05) is 24.3 Å². The molecule has 0 bridgehead atoms. The van der Waals surface area contributed by atoms with Gasteiger partial charge in [-0.1, -0.05) is 12.1 Å². The normalized spacial score (nSPS) is 9.94. The van der Waals surface area contributed by atoms with Crippen molar-refractivity contribution in [2.24, 2.45) is 0 Å². The molecule has 0 saturated heterocycles. The number of aromatic amines is 1. The van der Waals surface area contributed by atoms with Crippen LogP contribution in [0.2, 0.25) is 0 Å². The highest BCUT2D eigenvalue weighted by Crippen LogP contribution is 2.24. The van der Waals surface area contributed by atoms with Gasteiger partial charge in [0.15, 0.2) is 0 Å². The number of imidazole rings is 1. The van der Waals surface area contributed by atoms with Gasteiger partial charge in [0.25, 0.3) is 0 Å². The average Bonchev–Trinajstić information content (AvgIpc) is 2.72. The van der Waals surface area contributed by atoms with Crippen LogP contribution < -0.4 is 4.74 Å². The van der Waals surface area contributed by atoms with Crippen molar-refractivity contribution in [2.45, 2.75) is 6.42 Å². The van der Waals surface area contributed by atoms with Gasteiger partial charge >= 0.3 is 0 Å². The zero-order valence-corrected chi connectivity index (χ0v) is 10.8. The van der Waals surface area contributed by atoms with E-state index in [-0.39, 0.29) is 0 Å². The van der Waals surface area contributed by atoms with Crippen molar-refractivity contribution in [2.75, 3.05) is 7.11 Å². The Kier molecular flexibility index (Phi) is 3.45. The maximum Gasteiger partial charge on any atom is 0.139 e. The number of rotatable bonds is 3. The van der Waals surface area contributed by atoms with Crippen molar-refractivity contribution >= 4 is 15.9 Å². The number of hydrogen-bond donors (Lipinski definition) is 1. The van der Waals surface area contributed by atoms with Crippen LogP contribution in [0.1, 0.15) is 5.69 Å². The monoisotopic (exact) mass is 291 g/mol. The first-order valence-electron chi connectivity index (χ1n) is 5.00. The Morgan fingerprint density at radius 2 is 2.35 bits per heavy atom. The molecule has 2 rings (SSSR count). The van der Waals surface area contributed by atoms with Crippen molar-refractivity contribution < 1.29 is 4.74 Å². The van der Waals surface area contributed by atoms with Crippen LogP contribution in [0, 0.1) is 11.3 Å². The fourth-order valence-corrected chi connectivity index (χ4v) is 1.91. The van der Waals surface area contributed by atoms with Gasteiger partial charge in [0.1, 0.15) is 16.2 Å². The number of H-pyrrole nitrogens is 1. The Labute approximate surface area is 107 Å². The predicted molar refractivity (Wildman–Crippen MR) is 67.6 cm³/mol. The molecule has 86 valence electrons. The van der Waals surface area contributed by atoms with Gasteiger partial charge < -0.3 is 9.72 Å². The van der Waals surface area contributed by atoms with Crippen LogP contribution in [0.4, 0.5) is 0 Å². The average molecular weight is 292 g/mol. The summed E-state index contributed by atoms with van der Waals surface area (Å²) in [5.74, 6) is 1.50. The number of benzene rings is 1. The number of nitrogens with zero attached hydrogens (tertiary/aromatic N) is 2. The number of nitriles is 1. The van der Waals surface area contributed by atoms with Crippen molar-refractivity contribution in [1.82, 2.24) is 9.97 Å². The SMILES string of the molecule is COc1cccc(-c2nc(Br)c(CC#N)[nH]2)c1. The maximum absolute atomic E-state index is 8.67. The van der Waals surface area contributed by atoms with Crippen molar-refractivity contribution in [3.8, 4) is 23.2 Å². The second-order valence-electron chi connectivity index (χ2n) is 3.42. The molecule has 0 aliphatic carbocycles. The van der Waals surface area contributed by atoms with Gasteiger partial charge in [0.05, 0.1) is 25.3 Å². The quantitative estimate of drug-likeness (QED) is 0.946. The first kappa shape index (κ1) is 11.7. The molecular formula is C12H10BrN3O. The molecule has 0 aliphatic heterocycles. The van der Waals surface area contributed by atoms with Gasteiger partial charge in [0.2, 0.25) is 0 Å². The summed E-state index contributed by atoms with van der Waals surface area (Å²) in [6.07, 6.45) is 0.303. The highest BCUT2D eigenvalue weighted by molar-refractivity contribution is 9.10. The molecule has 0 aliphatic rings. The smallest absolute Gasteiger partial charge is 0.139 e. The van der Waals surface area contributed by atoms with E-state index in [0.29, 0.717) is 11.0 Å². The van der Waals surface area contributed by atoms with Gasteiger partial charge in [-0.05, 0) is 28.1 Å². The second kappa shape index (κ2) is 5.02. The first-order chi connectivity index (χ1) is 8.24. The van der Waals surface area contributed by atoms with E-state index in [1.54, 1.807) is 7.11 Å². The van der Waals surface area contributed by atoms with E-state index in [1.165, 1.54) is 0 Å². The molecule has 17 heavy (non-hydrogen) atoms. The van der Waals surface area contributed by atoms with Crippen molar-refractivity contribution in [1.29, 1.82) is 5.26 Å². The Hall–Kier alpha value is -1.80. The van der Waals surface area contributed by atoms with E-state index < -0.39 is 0 Å². The molecule has 5 heteroatoms. The molecule has 0 radical (unpaired) electrons. The highest BCUT2D eigenvalue weighted by Gasteiger charge is 2.09. The molecular weight excluding hydrogens is 282 g/mol. The van der Waals surface area contributed by atoms with Crippen LogP contribution in [-0.2, 0) is 6.42 Å². The predicted octanol–water partition coefficient (Wildman–Crippen LogP) is 2.91. The van der Waals surface area contributed by atoms with Gasteiger partial charge in [-0.25, -0.2) is 4.98 Å². The van der Waals surface area contributed by atoms with Crippen LogP contribution in [0.5, 0.6) is 5.75 Å². The van der Waals surface area contributed by atoms with E-state index in [2.05, 4.69) is 32.0 Å². The van der Waals surface area contributed by atoms with Crippen LogP contribution in [0.25, 0.3) is 11.4 Å². The Morgan fingerprint density at radius 3 is 3.06 bits per heavy atom. The topological polar surface area (TPSA) is 61.7 Å². The van der Waals surface area contributed by atoms with E-state index >= 15 is 0 Å². The standard InChI is InChI=1S/C12H10BrN3O/c1-17-9-4-2-3-8(7-9)12-15-10(5-6-14)11(13)16-12/h2-4,7H,5H2,1H3,(H,15,16). The Bertz CT molecular complexity index is 571. The minimum atomic E-state index is 0.303. The Morgan fingerprint density at radius 1 is 1.53 bits per heavy atom. The number of aromatic nitrogens is 2. The summed E-state index contributed by atoms with van der Waals surface area (Å²) in [6, 6.07) is 9.68. The minimum Gasteiger partial charge on any atom is -0.497 e. The molecule has 0 atom stereocenters. The summed E-state index contributed by atoms with van der Waals surface area (Å²) >= 11 is 3.33. The van der Waals surface area contributed by atoms with Gasteiger partial charge in [0, 0.05) is 5.56 Å². The van der Waals surface area contributed by atoms with Crippen LogP contribution in [-0.4, -0.2) is 17.1 Å². The lowest BCUT2D eigenvalue weighted by Crippen LogP contribution is -1.85. The number of hydrogen-bond acceptors (Lipinski definition) is 3. The molecule has 1 heterocycles. The van der Waals surface area contributed by atoms with Crippen LogP contribution in [0.3, 0.4) is 0 Å². The molecule has 1 aromatic carbocycles. The highest BCUT2D eigenvalue weighted by atomic mass is 79.9.